The summed E-state index contributed by atoms with van der Waals surface area (Å²) >= 11 is 7.58. The Morgan fingerprint density at radius 2 is 2.03 bits per heavy atom. The Balaban J connectivity index is 1.88. The van der Waals surface area contributed by atoms with E-state index in [1.165, 1.54) is 48.2 Å². The number of carbonyl (C=O) groups excluding carboxylic acids is 1. The molecule has 164 valence electrons. The third-order valence-electron chi connectivity index (χ3n) is 4.41. The van der Waals surface area contributed by atoms with E-state index in [-0.39, 0.29) is 32.7 Å². The largest absolute Gasteiger partial charge is 0.480 e. The molecular formula is C20H16F3NO4S3. The first-order chi connectivity index (χ1) is 14.6. The van der Waals surface area contributed by atoms with E-state index in [1.807, 2.05) is 6.26 Å². The van der Waals surface area contributed by atoms with Crippen LogP contribution in [0.5, 0.6) is 0 Å². The van der Waals surface area contributed by atoms with Crippen LogP contribution < -0.4 is 0 Å². The minimum Gasteiger partial charge on any atom is -0.480 e. The quantitative estimate of drug-likeness (QED) is 0.416. The van der Waals surface area contributed by atoms with Gasteiger partial charge < -0.3 is 9.52 Å². The zero-order valence-corrected chi connectivity index (χ0v) is 18.5. The molecule has 2 heterocycles. The summed E-state index contributed by atoms with van der Waals surface area (Å²) in [5.74, 6) is -1.04. The van der Waals surface area contributed by atoms with Crippen LogP contribution in [0.1, 0.15) is 17.7 Å². The molecular weight excluding hydrogens is 471 g/mol. The Hall–Kier alpha value is -2.24. The molecule has 0 saturated carbocycles. The second kappa shape index (κ2) is 9.49. The maximum absolute atomic E-state index is 13.3. The second-order valence-electron chi connectivity index (χ2n) is 6.43. The van der Waals surface area contributed by atoms with Crippen LogP contribution in [-0.2, 0) is 15.8 Å². The average Bonchev–Trinajstić information content (AvgIpc) is 3.27. The van der Waals surface area contributed by atoms with Crippen molar-refractivity contribution < 1.29 is 32.3 Å². The Morgan fingerprint density at radius 3 is 2.68 bits per heavy atom. The number of halogens is 3. The standard InChI is InChI=1S/C20H16F3NO4S3/c1-30-9-8-14(18(26)27)24-17(25)16(31-19(24)29)10-11-6-7-15(28-11)12-4-2-3-5-13(12)20(21,22)23/h2-7,10,14H,8-9H2,1H3,(H,26,27)/b16-10+/t14-/m1/s1. The van der Waals surface area contributed by atoms with Gasteiger partial charge in [-0.2, -0.15) is 24.9 Å². The Morgan fingerprint density at radius 1 is 1.32 bits per heavy atom. The molecule has 1 N–H and O–H groups in total. The van der Waals surface area contributed by atoms with Gasteiger partial charge in [0, 0.05) is 11.6 Å². The SMILES string of the molecule is CSCC[C@H](C(=O)O)N1C(=O)/C(=C\c2ccc(-c3ccccc3C(F)(F)F)o2)SC1=S. The summed E-state index contributed by atoms with van der Waals surface area (Å²) in [6.45, 7) is 0. The Bertz CT molecular complexity index is 1050. The molecule has 0 bridgehead atoms. The van der Waals surface area contributed by atoms with Crippen LogP contribution in [0.4, 0.5) is 13.2 Å². The van der Waals surface area contributed by atoms with Crippen molar-refractivity contribution in [2.45, 2.75) is 18.6 Å². The van der Waals surface area contributed by atoms with E-state index < -0.39 is 29.7 Å². The highest BCUT2D eigenvalue weighted by Crippen LogP contribution is 2.39. The first-order valence-corrected chi connectivity index (χ1v) is 11.5. The monoisotopic (exact) mass is 487 g/mol. The van der Waals surface area contributed by atoms with Crippen LogP contribution in [0.25, 0.3) is 17.4 Å². The number of carboxylic acid groups (broad SMARTS) is 1. The van der Waals surface area contributed by atoms with Crippen molar-refractivity contribution in [3.63, 3.8) is 0 Å². The Labute approximate surface area is 189 Å². The lowest BCUT2D eigenvalue weighted by atomic mass is 10.1. The predicted octanol–water partition coefficient (Wildman–Crippen LogP) is 5.37. The molecule has 0 spiro atoms. The lowest BCUT2D eigenvalue weighted by Crippen LogP contribution is -2.44. The lowest BCUT2D eigenvalue weighted by Gasteiger charge is -2.22. The van der Waals surface area contributed by atoms with E-state index in [4.69, 9.17) is 16.6 Å². The van der Waals surface area contributed by atoms with Crippen LogP contribution in [-0.4, -0.2) is 44.3 Å². The zero-order valence-electron chi connectivity index (χ0n) is 16.0. The van der Waals surface area contributed by atoms with Crippen LogP contribution in [0.3, 0.4) is 0 Å². The minimum atomic E-state index is -4.55. The first kappa shape index (κ1) is 23.4. The molecule has 1 aliphatic heterocycles. The van der Waals surface area contributed by atoms with E-state index in [2.05, 4.69) is 0 Å². The molecule has 1 aliphatic rings. The summed E-state index contributed by atoms with van der Waals surface area (Å²) in [5.41, 5.74) is -0.953. The molecule has 2 aromatic rings. The van der Waals surface area contributed by atoms with Crippen molar-refractivity contribution in [2.75, 3.05) is 12.0 Å². The second-order valence-corrected chi connectivity index (χ2v) is 9.09. The van der Waals surface area contributed by atoms with Gasteiger partial charge in [-0.3, -0.25) is 9.69 Å². The summed E-state index contributed by atoms with van der Waals surface area (Å²) in [6.07, 6.45) is -1.13. The highest BCUT2D eigenvalue weighted by atomic mass is 32.2. The van der Waals surface area contributed by atoms with Crippen molar-refractivity contribution in [3.8, 4) is 11.3 Å². The van der Waals surface area contributed by atoms with Crippen molar-refractivity contribution in [2.24, 2.45) is 0 Å². The number of carbonyl (C=O) groups is 2. The summed E-state index contributed by atoms with van der Waals surface area (Å²) in [5, 5.41) is 9.49. The molecule has 31 heavy (non-hydrogen) atoms. The van der Waals surface area contributed by atoms with Gasteiger partial charge in [-0.25, -0.2) is 4.79 Å². The van der Waals surface area contributed by atoms with Crippen molar-refractivity contribution >= 4 is 58.0 Å². The third kappa shape index (κ3) is 5.16. The van der Waals surface area contributed by atoms with Gasteiger partial charge in [-0.1, -0.05) is 42.2 Å². The molecule has 1 amide bonds. The van der Waals surface area contributed by atoms with E-state index in [0.717, 1.165) is 22.7 Å². The summed E-state index contributed by atoms with van der Waals surface area (Å²) in [4.78, 5) is 25.6. The number of furan rings is 1. The van der Waals surface area contributed by atoms with Crippen LogP contribution >= 0.6 is 35.7 Å². The Kier molecular flexibility index (Phi) is 7.17. The molecule has 0 radical (unpaired) electrons. The molecule has 1 aromatic heterocycles. The van der Waals surface area contributed by atoms with Crippen molar-refractivity contribution in [3.05, 3.63) is 52.6 Å². The minimum absolute atomic E-state index is 0.00182. The normalized spacial score (nSPS) is 16.9. The number of hydrogen-bond acceptors (Lipinski definition) is 6. The van der Waals surface area contributed by atoms with Crippen LogP contribution in [0, 0.1) is 0 Å². The lowest BCUT2D eigenvalue weighted by molar-refractivity contribution is -0.145. The topological polar surface area (TPSA) is 70.8 Å². The fraction of sp³-hybridized carbons (Fsp3) is 0.250. The zero-order chi connectivity index (χ0) is 22.8. The highest BCUT2D eigenvalue weighted by molar-refractivity contribution is 8.26. The number of rotatable bonds is 7. The maximum atomic E-state index is 13.3. The van der Waals surface area contributed by atoms with Gasteiger partial charge >= 0.3 is 12.1 Å². The molecule has 1 atom stereocenters. The number of thioether (sulfide) groups is 2. The van der Waals surface area contributed by atoms with Crippen LogP contribution in [0.2, 0.25) is 0 Å². The molecule has 5 nitrogen and oxygen atoms in total. The molecule has 0 aliphatic carbocycles. The number of carboxylic acids is 1. The molecule has 0 unspecified atom stereocenters. The molecule has 1 saturated heterocycles. The van der Waals surface area contributed by atoms with Gasteiger partial charge in [0.05, 0.1) is 10.5 Å². The number of alkyl halides is 3. The van der Waals surface area contributed by atoms with Gasteiger partial charge in [0.25, 0.3) is 5.91 Å². The average molecular weight is 488 g/mol. The van der Waals surface area contributed by atoms with E-state index in [9.17, 15) is 27.9 Å². The van der Waals surface area contributed by atoms with Gasteiger partial charge in [-0.15, -0.1) is 0 Å². The van der Waals surface area contributed by atoms with Gasteiger partial charge in [0.2, 0.25) is 0 Å². The fourth-order valence-corrected chi connectivity index (χ4v) is 4.79. The van der Waals surface area contributed by atoms with E-state index in [1.54, 1.807) is 0 Å². The number of benzene rings is 1. The first-order valence-electron chi connectivity index (χ1n) is 8.88. The van der Waals surface area contributed by atoms with E-state index in [0.29, 0.717) is 5.75 Å². The molecule has 1 aromatic carbocycles. The highest BCUT2D eigenvalue weighted by Gasteiger charge is 2.40. The summed E-state index contributed by atoms with van der Waals surface area (Å²) < 4.78 is 45.4. The molecule has 1 fully saturated rings. The third-order valence-corrected chi connectivity index (χ3v) is 6.39. The van der Waals surface area contributed by atoms with Crippen molar-refractivity contribution in [1.29, 1.82) is 0 Å². The number of hydrogen-bond donors (Lipinski definition) is 1. The van der Waals surface area contributed by atoms with Gasteiger partial charge in [-0.05, 0) is 36.6 Å². The number of aliphatic carboxylic acids is 1. The summed E-state index contributed by atoms with van der Waals surface area (Å²) in [7, 11) is 0. The predicted molar refractivity (Wildman–Crippen MR) is 119 cm³/mol. The smallest absolute Gasteiger partial charge is 0.417 e. The number of thiocarbonyl (C=S) groups is 1. The van der Waals surface area contributed by atoms with Crippen LogP contribution in [0.15, 0.2) is 45.7 Å². The van der Waals surface area contributed by atoms with E-state index >= 15 is 0 Å². The summed E-state index contributed by atoms with van der Waals surface area (Å²) in [6, 6.07) is 6.76. The molecule has 11 heteroatoms. The van der Waals surface area contributed by atoms with Crippen molar-refractivity contribution in [1.82, 2.24) is 4.90 Å². The van der Waals surface area contributed by atoms with Gasteiger partial charge in [0.15, 0.2) is 0 Å². The molecule has 3 rings (SSSR count). The maximum Gasteiger partial charge on any atom is 0.417 e. The fourth-order valence-electron chi connectivity index (χ4n) is 2.99. The van der Waals surface area contributed by atoms with Gasteiger partial charge in [0.1, 0.15) is 21.9 Å². The number of amides is 1. The number of nitrogens with zero attached hydrogens (tertiary/aromatic N) is 1.